The molecule has 5 nitrogen and oxygen atoms in total. The van der Waals surface area contributed by atoms with E-state index in [2.05, 4.69) is 9.88 Å². The number of amides is 1. The first-order valence-corrected chi connectivity index (χ1v) is 8.20. The second-order valence-electron chi connectivity index (χ2n) is 6.64. The number of aromatic nitrogens is 2. The first-order chi connectivity index (χ1) is 11.7. The maximum absolute atomic E-state index is 13.0. The van der Waals surface area contributed by atoms with Gasteiger partial charge >= 0.3 is 6.18 Å². The highest BCUT2D eigenvalue weighted by molar-refractivity contribution is 5.94. The number of halogens is 3. The van der Waals surface area contributed by atoms with Gasteiger partial charge in [-0.1, -0.05) is 0 Å². The van der Waals surface area contributed by atoms with Gasteiger partial charge in [-0.2, -0.15) is 13.2 Å². The molecule has 25 heavy (non-hydrogen) atoms. The lowest BCUT2D eigenvalue weighted by atomic mass is 10.0. The number of carbonyl (C=O) groups excluding carboxylic acids is 1. The number of carbonyl (C=O) groups is 1. The van der Waals surface area contributed by atoms with Crippen molar-refractivity contribution in [3.05, 3.63) is 35.3 Å². The molecule has 1 aliphatic heterocycles. The van der Waals surface area contributed by atoms with Gasteiger partial charge in [-0.25, -0.2) is 4.98 Å². The van der Waals surface area contributed by atoms with E-state index in [9.17, 15) is 18.0 Å². The van der Waals surface area contributed by atoms with E-state index in [-0.39, 0.29) is 17.6 Å². The normalized spacial score (nSPS) is 17.2. The van der Waals surface area contributed by atoms with E-state index in [0.717, 1.165) is 38.2 Å². The third-order valence-electron chi connectivity index (χ3n) is 4.88. The van der Waals surface area contributed by atoms with Crippen molar-refractivity contribution in [1.82, 2.24) is 19.2 Å². The highest BCUT2D eigenvalue weighted by Gasteiger charge is 2.32. The summed E-state index contributed by atoms with van der Waals surface area (Å²) in [7, 11) is 3.75. The van der Waals surface area contributed by atoms with Gasteiger partial charge in [0, 0.05) is 19.3 Å². The summed E-state index contributed by atoms with van der Waals surface area (Å²) in [5.74, 6) is -0.293. The third kappa shape index (κ3) is 3.35. The zero-order chi connectivity index (χ0) is 18.4. The Bertz CT molecular complexity index is 791. The number of alkyl halides is 3. The number of nitrogens with zero attached hydrogens (tertiary/aromatic N) is 4. The largest absolute Gasteiger partial charge is 0.417 e. The van der Waals surface area contributed by atoms with Crippen molar-refractivity contribution in [2.24, 2.45) is 0 Å². The maximum Gasteiger partial charge on any atom is 0.417 e. The van der Waals surface area contributed by atoms with E-state index in [0.29, 0.717) is 11.3 Å². The lowest BCUT2D eigenvalue weighted by Gasteiger charge is -2.35. The Labute approximate surface area is 144 Å². The van der Waals surface area contributed by atoms with Gasteiger partial charge in [0.15, 0.2) is 0 Å². The van der Waals surface area contributed by atoms with Gasteiger partial charge in [0.1, 0.15) is 11.3 Å². The van der Waals surface area contributed by atoms with E-state index in [1.165, 1.54) is 10.5 Å². The molecule has 2 aromatic rings. The van der Waals surface area contributed by atoms with E-state index in [1.807, 2.05) is 7.05 Å². The quantitative estimate of drug-likeness (QED) is 0.833. The molecular formula is C17H21F3N4O. The summed E-state index contributed by atoms with van der Waals surface area (Å²) in [6.07, 6.45) is -1.82. The van der Waals surface area contributed by atoms with E-state index < -0.39 is 11.7 Å². The summed E-state index contributed by atoms with van der Waals surface area (Å²) in [5, 5.41) is 0. The monoisotopic (exact) mass is 354 g/mol. The van der Waals surface area contributed by atoms with Crippen LogP contribution in [0.5, 0.6) is 0 Å². The average Bonchev–Trinajstić information content (AvgIpc) is 2.88. The molecule has 1 fully saturated rings. The zero-order valence-electron chi connectivity index (χ0n) is 14.5. The number of fused-ring (bicyclic) bond motifs is 1. The van der Waals surface area contributed by atoms with Crippen LogP contribution in [0.3, 0.4) is 0 Å². The maximum atomic E-state index is 13.0. The zero-order valence-corrected chi connectivity index (χ0v) is 14.5. The second kappa shape index (κ2) is 6.33. The molecule has 2 aromatic heterocycles. The van der Waals surface area contributed by atoms with Crippen LogP contribution >= 0.6 is 0 Å². The van der Waals surface area contributed by atoms with E-state index in [4.69, 9.17) is 0 Å². The lowest BCUT2D eigenvalue weighted by molar-refractivity contribution is -0.137. The van der Waals surface area contributed by atoms with Crippen LogP contribution in [0.2, 0.25) is 0 Å². The second-order valence-corrected chi connectivity index (χ2v) is 6.64. The molecule has 0 aromatic carbocycles. The number of pyridine rings is 1. The smallest absolute Gasteiger partial charge is 0.337 e. The minimum atomic E-state index is -4.47. The lowest BCUT2D eigenvalue weighted by Crippen LogP contribution is -2.44. The SMILES string of the molecule is Cc1nc2ccc(C(F)(F)F)cn2c1C(=O)N(C)C1CCN(C)CC1. The average molecular weight is 354 g/mol. The van der Waals surface area contributed by atoms with Gasteiger partial charge in [0.2, 0.25) is 0 Å². The minimum absolute atomic E-state index is 0.0828. The molecule has 0 N–H and O–H groups in total. The fraction of sp³-hybridized carbons (Fsp3) is 0.529. The molecule has 3 rings (SSSR count). The number of hydrogen-bond acceptors (Lipinski definition) is 3. The molecule has 0 saturated carbocycles. The third-order valence-corrected chi connectivity index (χ3v) is 4.88. The van der Waals surface area contributed by atoms with Gasteiger partial charge in [0.25, 0.3) is 5.91 Å². The standard InChI is InChI=1S/C17H21F3N4O/c1-11-15(16(25)23(3)13-6-8-22(2)9-7-13)24-10-12(17(18,19)20)4-5-14(24)21-11/h4-5,10,13H,6-9H2,1-3H3. The van der Waals surface area contributed by atoms with Crippen molar-refractivity contribution in [3.8, 4) is 0 Å². The predicted octanol–water partition coefficient (Wildman–Crippen LogP) is 2.83. The van der Waals surface area contributed by atoms with Gasteiger partial charge in [-0.3, -0.25) is 9.20 Å². The van der Waals surface area contributed by atoms with Crippen molar-refractivity contribution >= 4 is 11.6 Å². The molecule has 0 radical (unpaired) electrons. The summed E-state index contributed by atoms with van der Waals surface area (Å²) in [4.78, 5) is 21.0. The first kappa shape index (κ1) is 17.7. The molecule has 0 spiro atoms. The molecule has 3 heterocycles. The van der Waals surface area contributed by atoms with E-state index in [1.54, 1.807) is 18.9 Å². The van der Waals surface area contributed by atoms with Crippen LogP contribution in [0.1, 0.15) is 34.6 Å². The molecule has 136 valence electrons. The van der Waals surface area contributed by atoms with Gasteiger partial charge in [-0.15, -0.1) is 0 Å². The van der Waals surface area contributed by atoms with Crippen molar-refractivity contribution in [2.75, 3.05) is 27.2 Å². The van der Waals surface area contributed by atoms with Crippen LogP contribution in [0.4, 0.5) is 13.2 Å². The Morgan fingerprint density at radius 1 is 1.28 bits per heavy atom. The van der Waals surface area contributed by atoms with Crippen LogP contribution < -0.4 is 0 Å². The van der Waals surface area contributed by atoms with E-state index >= 15 is 0 Å². The summed E-state index contributed by atoms with van der Waals surface area (Å²) in [6, 6.07) is 2.36. The Kier molecular flexibility index (Phi) is 4.49. The first-order valence-electron chi connectivity index (χ1n) is 8.20. The highest BCUT2D eigenvalue weighted by Crippen LogP contribution is 2.30. The van der Waals surface area contributed by atoms with Crippen LogP contribution in [-0.2, 0) is 6.18 Å². The molecule has 0 aliphatic carbocycles. The summed E-state index contributed by atoms with van der Waals surface area (Å²) in [6.45, 7) is 3.44. The van der Waals surface area contributed by atoms with Crippen LogP contribution in [0, 0.1) is 6.92 Å². The number of piperidine rings is 1. The molecule has 1 amide bonds. The van der Waals surface area contributed by atoms with Crippen molar-refractivity contribution in [2.45, 2.75) is 32.0 Å². The van der Waals surface area contributed by atoms with Gasteiger partial charge in [-0.05, 0) is 52.0 Å². The van der Waals surface area contributed by atoms with Crippen molar-refractivity contribution < 1.29 is 18.0 Å². The Morgan fingerprint density at radius 2 is 1.92 bits per heavy atom. The number of rotatable bonds is 2. The van der Waals surface area contributed by atoms with Crippen LogP contribution in [0.25, 0.3) is 5.65 Å². The van der Waals surface area contributed by atoms with Crippen LogP contribution in [-0.4, -0.2) is 58.3 Å². The fourth-order valence-electron chi connectivity index (χ4n) is 3.30. The molecule has 1 saturated heterocycles. The van der Waals surface area contributed by atoms with Crippen LogP contribution in [0.15, 0.2) is 18.3 Å². The molecular weight excluding hydrogens is 333 g/mol. The minimum Gasteiger partial charge on any atom is -0.337 e. The number of imidazole rings is 1. The Morgan fingerprint density at radius 3 is 2.52 bits per heavy atom. The Hall–Kier alpha value is -2.09. The van der Waals surface area contributed by atoms with Gasteiger partial charge in [0.05, 0.1) is 11.3 Å². The number of likely N-dealkylation sites (tertiary alicyclic amines) is 1. The summed E-state index contributed by atoms with van der Waals surface area (Å²) >= 11 is 0. The summed E-state index contributed by atoms with van der Waals surface area (Å²) in [5.41, 5.74) is 0.172. The molecule has 0 bridgehead atoms. The van der Waals surface area contributed by atoms with Crippen molar-refractivity contribution in [3.63, 3.8) is 0 Å². The molecule has 1 aliphatic rings. The predicted molar refractivity (Wildman–Crippen MR) is 87.5 cm³/mol. The molecule has 0 unspecified atom stereocenters. The number of aryl methyl sites for hydroxylation is 1. The number of hydrogen-bond donors (Lipinski definition) is 0. The topological polar surface area (TPSA) is 40.9 Å². The Balaban J connectivity index is 1.96. The van der Waals surface area contributed by atoms with Crippen molar-refractivity contribution in [1.29, 1.82) is 0 Å². The summed E-state index contributed by atoms with van der Waals surface area (Å²) < 4.78 is 40.3. The van der Waals surface area contributed by atoms with Gasteiger partial charge < -0.3 is 9.80 Å². The fourth-order valence-corrected chi connectivity index (χ4v) is 3.30. The molecule has 8 heteroatoms. The highest BCUT2D eigenvalue weighted by atomic mass is 19.4. The molecule has 0 atom stereocenters.